The fourth-order valence-electron chi connectivity index (χ4n) is 3.64. The van der Waals surface area contributed by atoms with Gasteiger partial charge in [-0.2, -0.15) is 5.26 Å². The number of hydrogen-bond acceptors (Lipinski definition) is 4. The van der Waals surface area contributed by atoms with Crippen molar-refractivity contribution in [2.24, 2.45) is 5.92 Å². The molecular weight excluding hydrogens is 458 g/mol. The standard InChI is InChI=1S/C24H18BrN3O3/c1-14-2-4-15(5-3-14)19-11-21(16-6-8-18(25)9-7-16)27-23(20(19)12-26)28-13-17(24(30)31)10-22(28)29/h2-9,11,17H,10,13H2,1H3,(H,30,31). The van der Waals surface area contributed by atoms with Gasteiger partial charge in [-0.25, -0.2) is 4.98 Å². The summed E-state index contributed by atoms with van der Waals surface area (Å²) in [4.78, 5) is 30.1. The number of carboxylic acids is 1. The molecule has 0 radical (unpaired) electrons. The van der Waals surface area contributed by atoms with Crippen molar-refractivity contribution in [2.45, 2.75) is 13.3 Å². The van der Waals surface area contributed by atoms with Crippen LogP contribution in [-0.4, -0.2) is 28.5 Å². The topological polar surface area (TPSA) is 94.3 Å². The van der Waals surface area contributed by atoms with E-state index in [1.807, 2.05) is 61.5 Å². The molecule has 1 aliphatic rings. The van der Waals surface area contributed by atoms with Crippen LogP contribution in [0.2, 0.25) is 0 Å². The molecule has 1 fully saturated rings. The molecule has 3 aromatic rings. The highest BCUT2D eigenvalue weighted by atomic mass is 79.9. The van der Waals surface area contributed by atoms with Gasteiger partial charge in [0, 0.05) is 28.6 Å². The third kappa shape index (κ3) is 4.07. The van der Waals surface area contributed by atoms with Gasteiger partial charge < -0.3 is 5.11 Å². The zero-order chi connectivity index (χ0) is 22.1. The number of amides is 1. The number of aryl methyl sites for hydroxylation is 1. The summed E-state index contributed by atoms with van der Waals surface area (Å²) < 4.78 is 0.919. The Bertz CT molecular complexity index is 1210. The molecular formula is C24H18BrN3O3. The third-order valence-corrected chi connectivity index (χ3v) is 5.87. The predicted molar refractivity (Wildman–Crippen MR) is 120 cm³/mol. The van der Waals surface area contributed by atoms with Crippen molar-refractivity contribution >= 4 is 33.6 Å². The van der Waals surface area contributed by atoms with Crippen LogP contribution in [0.4, 0.5) is 5.82 Å². The Morgan fingerprint density at radius 2 is 1.81 bits per heavy atom. The summed E-state index contributed by atoms with van der Waals surface area (Å²) in [5.74, 6) is -2.00. The van der Waals surface area contributed by atoms with Crippen LogP contribution in [0.1, 0.15) is 17.5 Å². The molecule has 1 N–H and O–H groups in total. The molecule has 0 spiro atoms. The Labute approximate surface area is 187 Å². The van der Waals surface area contributed by atoms with E-state index in [1.54, 1.807) is 0 Å². The number of carbonyl (C=O) groups excluding carboxylic acids is 1. The summed E-state index contributed by atoms with van der Waals surface area (Å²) in [5.41, 5.74) is 4.24. The van der Waals surface area contributed by atoms with Gasteiger partial charge in [-0.15, -0.1) is 0 Å². The number of carbonyl (C=O) groups is 2. The number of carboxylic acid groups (broad SMARTS) is 1. The van der Waals surface area contributed by atoms with Gasteiger partial charge in [0.15, 0.2) is 5.82 Å². The van der Waals surface area contributed by atoms with Crippen LogP contribution >= 0.6 is 15.9 Å². The zero-order valence-electron chi connectivity index (χ0n) is 16.7. The van der Waals surface area contributed by atoms with Gasteiger partial charge in [0.2, 0.25) is 5.91 Å². The minimum atomic E-state index is -1.03. The number of halogens is 1. The second kappa shape index (κ2) is 8.32. The fourth-order valence-corrected chi connectivity index (χ4v) is 3.91. The number of nitriles is 1. The highest BCUT2D eigenvalue weighted by Gasteiger charge is 2.37. The summed E-state index contributed by atoms with van der Waals surface area (Å²) in [6.07, 6.45) is -0.107. The molecule has 4 rings (SSSR count). The maximum atomic E-state index is 12.6. The molecule has 6 nitrogen and oxygen atoms in total. The summed E-state index contributed by atoms with van der Waals surface area (Å²) >= 11 is 3.42. The lowest BCUT2D eigenvalue weighted by Gasteiger charge is -2.20. The van der Waals surface area contributed by atoms with Crippen molar-refractivity contribution in [2.75, 3.05) is 11.4 Å². The van der Waals surface area contributed by atoms with E-state index < -0.39 is 11.9 Å². The largest absolute Gasteiger partial charge is 0.481 e. The lowest BCUT2D eigenvalue weighted by atomic mass is 9.97. The van der Waals surface area contributed by atoms with E-state index in [1.165, 1.54) is 4.90 Å². The average molecular weight is 476 g/mol. The first-order valence-corrected chi connectivity index (χ1v) is 10.5. The van der Waals surface area contributed by atoms with Crippen LogP contribution in [0.5, 0.6) is 0 Å². The Kier molecular flexibility index (Phi) is 5.57. The van der Waals surface area contributed by atoms with Gasteiger partial charge in [-0.3, -0.25) is 14.5 Å². The van der Waals surface area contributed by atoms with Crippen LogP contribution in [0.15, 0.2) is 59.1 Å². The molecule has 1 aliphatic heterocycles. The van der Waals surface area contributed by atoms with Gasteiger partial charge in [0.05, 0.1) is 11.6 Å². The number of pyridine rings is 1. The van der Waals surface area contributed by atoms with Gasteiger partial charge in [-0.1, -0.05) is 57.9 Å². The summed E-state index contributed by atoms with van der Waals surface area (Å²) in [5, 5.41) is 19.4. The molecule has 1 atom stereocenters. The maximum absolute atomic E-state index is 12.6. The van der Waals surface area contributed by atoms with Gasteiger partial charge in [-0.05, 0) is 30.7 Å². The van der Waals surface area contributed by atoms with E-state index in [4.69, 9.17) is 0 Å². The molecule has 1 saturated heterocycles. The molecule has 7 heteroatoms. The van der Waals surface area contributed by atoms with Crippen LogP contribution < -0.4 is 4.90 Å². The Balaban J connectivity index is 1.93. The van der Waals surface area contributed by atoms with E-state index in [-0.39, 0.29) is 30.3 Å². The van der Waals surface area contributed by atoms with Crippen LogP contribution in [0.25, 0.3) is 22.4 Å². The van der Waals surface area contributed by atoms with Crippen molar-refractivity contribution < 1.29 is 14.7 Å². The van der Waals surface area contributed by atoms with Gasteiger partial charge in [0.1, 0.15) is 11.6 Å². The molecule has 1 aromatic heterocycles. The van der Waals surface area contributed by atoms with Crippen molar-refractivity contribution in [3.63, 3.8) is 0 Å². The lowest BCUT2D eigenvalue weighted by Crippen LogP contribution is -2.28. The number of anilines is 1. The maximum Gasteiger partial charge on any atom is 0.308 e. The molecule has 1 unspecified atom stereocenters. The zero-order valence-corrected chi connectivity index (χ0v) is 18.3. The molecule has 154 valence electrons. The van der Waals surface area contributed by atoms with E-state index in [0.29, 0.717) is 11.3 Å². The Morgan fingerprint density at radius 1 is 1.16 bits per heavy atom. The summed E-state index contributed by atoms with van der Waals surface area (Å²) in [7, 11) is 0. The first kappa shape index (κ1) is 20.8. The lowest BCUT2D eigenvalue weighted by molar-refractivity contribution is -0.141. The summed E-state index contributed by atoms with van der Waals surface area (Å²) in [6.45, 7) is 1.97. The minimum Gasteiger partial charge on any atom is -0.481 e. The number of hydrogen-bond donors (Lipinski definition) is 1. The van der Waals surface area contributed by atoms with E-state index in [9.17, 15) is 20.0 Å². The summed E-state index contributed by atoms with van der Waals surface area (Å²) in [6, 6.07) is 19.4. The number of nitrogens with zero attached hydrogens (tertiary/aromatic N) is 3. The number of rotatable bonds is 4. The van der Waals surface area contributed by atoms with Gasteiger partial charge in [0.25, 0.3) is 0 Å². The SMILES string of the molecule is Cc1ccc(-c2cc(-c3ccc(Br)cc3)nc(N3CC(C(=O)O)CC3=O)c2C#N)cc1. The monoisotopic (exact) mass is 475 g/mol. The first-order chi connectivity index (χ1) is 14.9. The molecule has 31 heavy (non-hydrogen) atoms. The second-order valence-corrected chi connectivity index (χ2v) is 8.40. The quantitative estimate of drug-likeness (QED) is 0.584. The minimum absolute atomic E-state index is 0.00697. The van der Waals surface area contributed by atoms with Crippen LogP contribution in [0, 0.1) is 24.2 Å². The first-order valence-electron chi connectivity index (χ1n) is 9.68. The van der Waals surface area contributed by atoms with E-state index >= 15 is 0 Å². The highest BCUT2D eigenvalue weighted by Crippen LogP contribution is 2.36. The Morgan fingerprint density at radius 3 is 2.39 bits per heavy atom. The van der Waals surface area contributed by atoms with E-state index in [0.717, 1.165) is 21.2 Å². The van der Waals surface area contributed by atoms with E-state index in [2.05, 4.69) is 27.0 Å². The smallest absolute Gasteiger partial charge is 0.308 e. The number of aromatic nitrogens is 1. The predicted octanol–water partition coefficient (Wildman–Crippen LogP) is 4.80. The van der Waals surface area contributed by atoms with Crippen LogP contribution in [-0.2, 0) is 9.59 Å². The van der Waals surface area contributed by atoms with Crippen LogP contribution in [0.3, 0.4) is 0 Å². The highest BCUT2D eigenvalue weighted by molar-refractivity contribution is 9.10. The number of aliphatic carboxylic acids is 1. The molecule has 0 aliphatic carbocycles. The van der Waals surface area contributed by atoms with Gasteiger partial charge >= 0.3 is 5.97 Å². The molecule has 0 saturated carbocycles. The molecule has 0 bridgehead atoms. The van der Waals surface area contributed by atoms with Crippen molar-refractivity contribution in [3.8, 4) is 28.5 Å². The second-order valence-electron chi connectivity index (χ2n) is 7.48. The normalized spacial score (nSPS) is 15.7. The molecule has 2 heterocycles. The number of benzene rings is 2. The average Bonchev–Trinajstić information content (AvgIpc) is 3.16. The third-order valence-electron chi connectivity index (χ3n) is 5.34. The van der Waals surface area contributed by atoms with Crippen molar-refractivity contribution in [1.29, 1.82) is 5.26 Å². The fraction of sp³-hybridized carbons (Fsp3) is 0.167. The molecule has 2 aromatic carbocycles. The van der Waals surface area contributed by atoms with Crippen molar-refractivity contribution in [3.05, 3.63) is 70.2 Å². The Hall–Kier alpha value is -3.50. The van der Waals surface area contributed by atoms with Crippen molar-refractivity contribution in [1.82, 2.24) is 4.98 Å². The molecule has 1 amide bonds.